The van der Waals surface area contributed by atoms with Crippen LogP contribution in [0.2, 0.25) is 5.02 Å². The Bertz CT molecular complexity index is 541. The Morgan fingerprint density at radius 2 is 2.33 bits per heavy atom. The number of amides is 1. The van der Waals surface area contributed by atoms with Gasteiger partial charge in [0.05, 0.1) is 10.6 Å². The van der Waals surface area contributed by atoms with Gasteiger partial charge in [-0.3, -0.25) is 9.89 Å². The largest absolute Gasteiger partial charge is 0.382 e. The first-order chi connectivity index (χ1) is 8.66. The van der Waals surface area contributed by atoms with Crippen molar-refractivity contribution in [2.24, 2.45) is 0 Å². The first-order valence-electron chi connectivity index (χ1n) is 5.20. The Labute approximate surface area is 108 Å². The number of carbonyl (C=O) groups is 1. The number of aromatic amines is 1. The number of nitrogen functional groups attached to an aromatic ring is 1. The van der Waals surface area contributed by atoms with Gasteiger partial charge < -0.3 is 11.1 Å². The molecular weight excluding hydrogens is 256 g/mol. The highest BCUT2D eigenvalue weighted by Crippen LogP contribution is 2.16. The molecule has 0 saturated heterocycles. The van der Waals surface area contributed by atoms with Gasteiger partial charge in [-0.05, 0) is 6.07 Å². The lowest BCUT2D eigenvalue weighted by Crippen LogP contribution is -2.26. The molecule has 0 radical (unpaired) electrons. The number of carbonyl (C=O) groups excluding carboxylic acids is 1. The van der Waals surface area contributed by atoms with Crippen molar-refractivity contribution < 1.29 is 4.79 Å². The first-order valence-corrected chi connectivity index (χ1v) is 5.58. The molecule has 0 saturated carbocycles. The Kier molecular flexibility index (Phi) is 3.73. The van der Waals surface area contributed by atoms with Crippen LogP contribution in [0.3, 0.4) is 0 Å². The predicted molar refractivity (Wildman–Crippen MR) is 66.1 cm³/mol. The van der Waals surface area contributed by atoms with Crippen molar-refractivity contribution in [2.45, 2.75) is 6.42 Å². The van der Waals surface area contributed by atoms with E-state index in [-0.39, 0.29) is 16.7 Å². The molecule has 2 rings (SSSR count). The van der Waals surface area contributed by atoms with Crippen LogP contribution in [0.4, 0.5) is 5.82 Å². The summed E-state index contributed by atoms with van der Waals surface area (Å²) in [4.78, 5) is 19.5. The maximum atomic E-state index is 11.7. The zero-order valence-corrected chi connectivity index (χ0v) is 10.1. The van der Waals surface area contributed by atoms with Gasteiger partial charge in [-0.25, -0.2) is 9.97 Å². The summed E-state index contributed by atoms with van der Waals surface area (Å²) in [6.45, 7) is 0.440. The summed E-state index contributed by atoms with van der Waals surface area (Å²) < 4.78 is 0. The van der Waals surface area contributed by atoms with Crippen molar-refractivity contribution in [2.75, 3.05) is 12.3 Å². The smallest absolute Gasteiger partial charge is 0.252 e. The molecule has 4 N–H and O–H groups in total. The molecule has 0 aliphatic carbocycles. The summed E-state index contributed by atoms with van der Waals surface area (Å²) >= 11 is 5.78. The summed E-state index contributed by atoms with van der Waals surface area (Å²) in [6.07, 6.45) is 3.37. The van der Waals surface area contributed by atoms with Crippen LogP contribution < -0.4 is 11.1 Å². The van der Waals surface area contributed by atoms with Crippen molar-refractivity contribution in [1.29, 1.82) is 0 Å². The molecule has 0 bridgehead atoms. The summed E-state index contributed by atoms with van der Waals surface area (Å²) in [5.41, 5.74) is 5.83. The minimum absolute atomic E-state index is 0.204. The summed E-state index contributed by atoms with van der Waals surface area (Å²) in [5, 5.41) is 9.39. The Morgan fingerprint density at radius 1 is 1.50 bits per heavy atom. The van der Waals surface area contributed by atoms with E-state index < -0.39 is 0 Å². The number of rotatable bonds is 4. The van der Waals surface area contributed by atoms with Gasteiger partial charge >= 0.3 is 0 Å². The maximum Gasteiger partial charge on any atom is 0.252 e. The fourth-order valence-electron chi connectivity index (χ4n) is 1.32. The summed E-state index contributed by atoms with van der Waals surface area (Å²) in [5.74, 6) is 0.655. The van der Waals surface area contributed by atoms with Crippen LogP contribution in [0, 0.1) is 0 Å². The van der Waals surface area contributed by atoms with Crippen molar-refractivity contribution in [3.63, 3.8) is 0 Å². The monoisotopic (exact) mass is 266 g/mol. The quantitative estimate of drug-likeness (QED) is 0.742. The molecule has 2 aromatic rings. The standard InChI is InChI=1S/C10H11ClN6O/c11-7-3-6(4-14-9(7)12)10(18)13-2-1-8-15-5-16-17-8/h3-5H,1-2H2,(H2,12,14)(H,13,18)(H,15,16,17). The highest BCUT2D eigenvalue weighted by Gasteiger charge is 2.08. The number of pyridine rings is 1. The summed E-state index contributed by atoms with van der Waals surface area (Å²) in [7, 11) is 0. The third kappa shape index (κ3) is 2.95. The minimum atomic E-state index is -0.260. The van der Waals surface area contributed by atoms with Gasteiger partial charge in [-0.1, -0.05) is 11.6 Å². The van der Waals surface area contributed by atoms with E-state index in [0.29, 0.717) is 24.4 Å². The fourth-order valence-corrected chi connectivity index (χ4v) is 1.49. The molecule has 0 aliphatic heterocycles. The van der Waals surface area contributed by atoms with Crippen molar-refractivity contribution in [3.05, 3.63) is 35.0 Å². The summed E-state index contributed by atoms with van der Waals surface area (Å²) in [6, 6.07) is 1.48. The molecule has 0 unspecified atom stereocenters. The highest BCUT2D eigenvalue weighted by molar-refractivity contribution is 6.33. The molecule has 0 atom stereocenters. The lowest BCUT2D eigenvalue weighted by atomic mass is 10.2. The van der Waals surface area contributed by atoms with Gasteiger partial charge in [0.1, 0.15) is 18.0 Å². The Morgan fingerprint density at radius 3 is 3.00 bits per heavy atom. The molecule has 18 heavy (non-hydrogen) atoms. The van der Waals surface area contributed by atoms with Crippen LogP contribution in [0.25, 0.3) is 0 Å². The molecule has 94 valence electrons. The molecule has 2 aromatic heterocycles. The molecule has 7 nitrogen and oxygen atoms in total. The molecule has 0 aliphatic rings. The average molecular weight is 267 g/mol. The predicted octanol–water partition coefficient (Wildman–Crippen LogP) is 0.408. The lowest BCUT2D eigenvalue weighted by molar-refractivity contribution is 0.0953. The van der Waals surface area contributed by atoms with E-state index in [1.54, 1.807) is 0 Å². The van der Waals surface area contributed by atoms with Gasteiger partial charge in [-0.15, -0.1) is 0 Å². The zero-order chi connectivity index (χ0) is 13.0. The van der Waals surface area contributed by atoms with E-state index >= 15 is 0 Å². The van der Waals surface area contributed by atoms with Crippen LogP contribution in [-0.4, -0.2) is 32.6 Å². The van der Waals surface area contributed by atoms with E-state index in [9.17, 15) is 4.79 Å². The van der Waals surface area contributed by atoms with Crippen molar-refractivity contribution in [3.8, 4) is 0 Å². The number of hydrogen-bond acceptors (Lipinski definition) is 5. The van der Waals surface area contributed by atoms with E-state index in [0.717, 1.165) is 0 Å². The van der Waals surface area contributed by atoms with Crippen LogP contribution in [0.1, 0.15) is 16.2 Å². The fraction of sp³-hybridized carbons (Fsp3) is 0.200. The Hall–Kier alpha value is -2.15. The second-order valence-corrected chi connectivity index (χ2v) is 3.94. The van der Waals surface area contributed by atoms with E-state index in [2.05, 4.69) is 25.5 Å². The van der Waals surface area contributed by atoms with Crippen LogP contribution in [0.15, 0.2) is 18.6 Å². The topological polar surface area (TPSA) is 110 Å². The van der Waals surface area contributed by atoms with Crippen LogP contribution in [0.5, 0.6) is 0 Å². The minimum Gasteiger partial charge on any atom is -0.382 e. The number of hydrogen-bond donors (Lipinski definition) is 3. The third-order valence-corrected chi connectivity index (χ3v) is 2.55. The van der Waals surface area contributed by atoms with Gasteiger partial charge in [-0.2, -0.15) is 5.10 Å². The molecule has 2 heterocycles. The van der Waals surface area contributed by atoms with Crippen LogP contribution in [-0.2, 0) is 6.42 Å². The second-order valence-electron chi connectivity index (χ2n) is 3.53. The molecule has 1 amide bonds. The normalized spacial score (nSPS) is 10.3. The van der Waals surface area contributed by atoms with E-state index in [1.165, 1.54) is 18.6 Å². The molecule has 0 fully saturated rings. The number of nitrogens with one attached hydrogen (secondary N) is 2. The number of nitrogens with zero attached hydrogens (tertiary/aromatic N) is 3. The molecule has 0 aromatic carbocycles. The van der Waals surface area contributed by atoms with E-state index in [4.69, 9.17) is 17.3 Å². The number of aromatic nitrogens is 4. The number of halogens is 1. The molecular formula is C10H11ClN6O. The van der Waals surface area contributed by atoms with E-state index in [1.807, 2.05) is 0 Å². The number of nitrogens with two attached hydrogens (primary N) is 1. The highest BCUT2D eigenvalue weighted by atomic mass is 35.5. The van der Waals surface area contributed by atoms with Gasteiger partial charge in [0, 0.05) is 19.2 Å². The third-order valence-electron chi connectivity index (χ3n) is 2.24. The van der Waals surface area contributed by atoms with Gasteiger partial charge in [0.15, 0.2) is 0 Å². The molecule has 8 heteroatoms. The second kappa shape index (κ2) is 5.46. The average Bonchev–Trinajstić information content (AvgIpc) is 2.85. The molecule has 0 spiro atoms. The number of H-pyrrole nitrogens is 1. The van der Waals surface area contributed by atoms with Crippen molar-refractivity contribution in [1.82, 2.24) is 25.5 Å². The lowest BCUT2D eigenvalue weighted by Gasteiger charge is -2.04. The number of anilines is 1. The first kappa shape index (κ1) is 12.3. The zero-order valence-electron chi connectivity index (χ0n) is 9.35. The van der Waals surface area contributed by atoms with Crippen LogP contribution >= 0.6 is 11.6 Å². The maximum absolute atomic E-state index is 11.7. The Balaban J connectivity index is 1.89. The van der Waals surface area contributed by atoms with Crippen molar-refractivity contribution >= 4 is 23.3 Å². The SMILES string of the molecule is Nc1ncc(C(=O)NCCc2ncn[nH]2)cc1Cl. The van der Waals surface area contributed by atoms with Gasteiger partial charge in [0.2, 0.25) is 0 Å². The van der Waals surface area contributed by atoms with Gasteiger partial charge in [0.25, 0.3) is 5.91 Å².